The van der Waals surface area contributed by atoms with E-state index in [0.29, 0.717) is 0 Å². The Kier molecular flexibility index (Phi) is 3.07. The van der Waals surface area contributed by atoms with Gasteiger partial charge in [-0.2, -0.15) is 0 Å². The van der Waals surface area contributed by atoms with E-state index >= 15 is 0 Å². The van der Waals surface area contributed by atoms with Crippen molar-refractivity contribution in [2.45, 2.75) is 16.7 Å². The minimum atomic E-state index is 1.00. The Labute approximate surface area is 117 Å². The molecule has 1 aliphatic heterocycles. The molecule has 3 heteroatoms. The predicted molar refractivity (Wildman–Crippen MR) is 81.9 cm³/mol. The van der Waals surface area contributed by atoms with E-state index in [1.54, 1.807) is 11.8 Å². The van der Waals surface area contributed by atoms with Gasteiger partial charge < -0.3 is 4.90 Å². The lowest BCUT2D eigenvalue weighted by molar-refractivity contribution is 0.964. The lowest BCUT2D eigenvalue weighted by atomic mass is 10.2. The van der Waals surface area contributed by atoms with Gasteiger partial charge in [0.05, 0.1) is 11.0 Å². The summed E-state index contributed by atoms with van der Waals surface area (Å²) in [6.45, 7) is 7.13. The number of hydrogen-bond donors (Lipinski definition) is 0. The van der Waals surface area contributed by atoms with E-state index in [0.717, 1.165) is 22.8 Å². The minimum absolute atomic E-state index is 1.00. The SMILES string of the molecule is C=c1ccc2c(c1)Sc1cc(N(C)CC)ccc1N=2. The van der Waals surface area contributed by atoms with Crippen LogP contribution in [0.15, 0.2) is 51.2 Å². The highest BCUT2D eigenvalue weighted by Crippen LogP contribution is 2.38. The van der Waals surface area contributed by atoms with Crippen molar-refractivity contribution in [1.82, 2.24) is 0 Å². The largest absolute Gasteiger partial charge is 0.375 e. The zero-order valence-electron chi connectivity index (χ0n) is 11.2. The zero-order chi connectivity index (χ0) is 13.4. The van der Waals surface area contributed by atoms with Crippen LogP contribution in [-0.4, -0.2) is 13.6 Å². The first-order valence-electron chi connectivity index (χ1n) is 6.38. The summed E-state index contributed by atoms with van der Waals surface area (Å²) < 4.78 is 0. The number of fused-ring (bicyclic) bond motifs is 2. The Hall–Kier alpha value is -1.74. The Morgan fingerprint density at radius 1 is 1.16 bits per heavy atom. The smallest absolute Gasteiger partial charge is 0.0778 e. The van der Waals surface area contributed by atoms with Crippen molar-refractivity contribution in [3.63, 3.8) is 0 Å². The Bertz CT molecular complexity index is 737. The molecule has 0 amide bonds. The van der Waals surface area contributed by atoms with Crippen molar-refractivity contribution in [3.05, 3.63) is 47.0 Å². The molecule has 0 N–H and O–H groups in total. The van der Waals surface area contributed by atoms with E-state index in [2.05, 4.69) is 49.7 Å². The summed E-state index contributed by atoms with van der Waals surface area (Å²) in [5.74, 6) is 0. The third kappa shape index (κ3) is 2.26. The number of benzene rings is 2. The molecule has 0 aliphatic carbocycles. The molecule has 0 atom stereocenters. The van der Waals surface area contributed by atoms with Gasteiger partial charge in [-0.25, -0.2) is 4.99 Å². The van der Waals surface area contributed by atoms with Crippen molar-refractivity contribution in [2.24, 2.45) is 4.99 Å². The van der Waals surface area contributed by atoms with Crippen LogP contribution in [0.5, 0.6) is 0 Å². The molecule has 2 aromatic carbocycles. The van der Waals surface area contributed by atoms with Crippen molar-refractivity contribution in [2.75, 3.05) is 18.5 Å². The topological polar surface area (TPSA) is 15.6 Å². The second-order valence-corrected chi connectivity index (χ2v) is 5.77. The maximum absolute atomic E-state index is 4.71. The Balaban J connectivity index is 2.11. The quantitative estimate of drug-likeness (QED) is 0.710. The molecule has 0 radical (unpaired) electrons. The van der Waals surface area contributed by atoms with E-state index in [9.17, 15) is 0 Å². The highest BCUT2D eigenvalue weighted by atomic mass is 32.2. The standard InChI is InChI=1S/C16H16N2S/c1-4-18(3)12-6-8-14-16(10-12)19-15-9-11(2)5-7-13(15)17-14/h5-10H,2,4H2,1,3H3. The van der Waals surface area contributed by atoms with E-state index in [1.807, 2.05) is 12.1 Å². The average molecular weight is 268 g/mol. The number of anilines is 1. The van der Waals surface area contributed by atoms with Gasteiger partial charge in [0.1, 0.15) is 0 Å². The van der Waals surface area contributed by atoms with Gasteiger partial charge in [-0.05, 0) is 42.5 Å². The van der Waals surface area contributed by atoms with Crippen LogP contribution in [0.2, 0.25) is 0 Å². The zero-order valence-corrected chi connectivity index (χ0v) is 12.0. The molecule has 3 rings (SSSR count). The number of hydrogen-bond acceptors (Lipinski definition) is 3. The van der Waals surface area contributed by atoms with Crippen molar-refractivity contribution < 1.29 is 0 Å². The summed E-state index contributed by atoms with van der Waals surface area (Å²) in [7, 11) is 2.11. The van der Waals surface area contributed by atoms with Crippen LogP contribution in [0.4, 0.5) is 11.4 Å². The normalized spacial score (nSPS) is 12.3. The fraction of sp³-hybridized carbons (Fsp3) is 0.188. The lowest BCUT2D eigenvalue weighted by Crippen LogP contribution is -2.16. The molecule has 1 aliphatic rings. The molecule has 0 spiro atoms. The van der Waals surface area contributed by atoms with E-state index in [4.69, 9.17) is 4.99 Å². The Morgan fingerprint density at radius 3 is 2.79 bits per heavy atom. The first kappa shape index (κ1) is 12.3. The second-order valence-electron chi connectivity index (χ2n) is 4.68. The molecule has 0 bridgehead atoms. The summed E-state index contributed by atoms with van der Waals surface area (Å²) in [6.07, 6.45) is 0. The summed E-state index contributed by atoms with van der Waals surface area (Å²) in [5, 5.41) is 2.08. The maximum Gasteiger partial charge on any atom is 0.0778 e. The molecule has 96 valence electrons. The fourth-order valence-electron chi connectivity index (χ4n) is 2.08. The second kappa shape index (κ2) is 4.74. The van der Waals surface area contributed by atoms with E-state index in [-0.39, 0.29) is 0 Å². The van der Waals surface area contributed by atoms with E-state index in [1.165, 1.54) is 15.5 Å². The van der Waals surface area contributed by atoms with Gasteiger partial charge in [-0.3, -0.25) is 0 Å². The van der Waals surface area contributed by atoms with Gasteiger partial charge in [0.15, 0.2) is 0 Å². The monoisotopic (exact) mass is 268 g/mol. The number of nitrogens with zero attached hydrogens (tertiary/aromatic N) is 2. The van der Waals surface area contributed by atoms with Crippen LogP contribution in [0.1, 0.15) is 6.92 Å². The molecule has 2 nitrogen and oxygen atoms in total. The van der Waals surface area contributed by atoms with Crippen molar-refractivity contribution in [1.29, 1.82) is 0 Å². The van der Waals surface area contributed by atoms with Crippen LogP contribution < -0.4 is 15.5 Å². The third-order valence-electron chi connectivity index (χ3n) is 3.34. The molecule has 0 unspecified atom stereocenters. The average Bonchev–Trinajstić information content (AvgIpc) is 2.43. The van der Waals surface area contributed by atoms with Crippen LogP contribution in [0.25, 0.3) is 6.58 Å². The summed E-state index contributed by atoms with van der Waals surface area (Å²) >= 11 is 1.78. The molecule has 0 saturated carbocycles. The van der Waals surface area contributed by atoms with Crippen molar-refractivity contribution >= 4 is 29.7 Å². The lowest BCUT2D eigenvalue weighted by Gasteiger charge is -2.19. The molecule has 0 fully saturated rings. The van der Waals surface area contributed by atoms with Gasteiger partial charge in [-0.15, -0.1) is 0 Å². The fourth-order valence-corrected chi connectivity index (χ4v) is 3.14. The molecule has 19 heavy (non-hydrogen) atoms. The first-order chi connectivity index (χ1) is 9.17. The molecule has 0 saturated heterocycles. The van der Waals surface area contributed by atoms with Crippen LogP contribution in [-0.2, 0) is 0 Å². The van der Waals surface area contributed by atoms with Crippen LogP contribution >= 0.6 is 11.8 Å². The molecule has 1 heterocycles. The molecular weight excluding hydrogens is 252 g/mol. The first-order valence-corrected chi connectivity index (χ1v) is 7.20. The van der Waals surface area contributed by atoms with Crippen LogP contribution in [0.3, 0.4) is 0 Å². The van der Waals surface area contributed by atoms with Gasteiger partial charge in [0.2, 0.25) is 0 Å². The van der Waals surface area contributed by atoms with Crippen LogP contribution in [0, 0.1) is 0 Å². The highest BCUT2D eigenvalue weighted by Gasteiger charge is 2.12. The van der Waals surface area contributed by atoms with Gasteiger partial charge >= 0.3 is 0 Å². The third-order valence-corrected chi connectivity index (χ3v) is 4.44. The summed E-state index contributed by atoms with van der Waals surface area (Å²) in [6, 6.07) is 12.6. The minimum Gasteiger partial charge on any atom is -0.375 e. The molecule has 2 aromatic rings. The number of rotatable bonds is 2. The van der Waals surface area contributed by atoms with E-state index < -0.39 is 0 Å². The van der Waals surface area contributed by atoms with Gasteiger partial charge in [-0.1, -0.05) is 24.4 Å². The predicted octanol–water partition coefficient (Wildman–Crippen LogP) is 2.97. The summed E-state index contributed by atoms with van der Waals surface area (Å²) in [4.78, 5) is 9.35. The molecule has 0 aromatic heterocycles. The van der Waals surface area contributed by atoms with Gasteiger partial charge in [0.25, 0.3) is 0 Å². The van der Waals surface area contributed by atoms with Gasteiger partial charge in [0, 0.05) is 29.1 Å². The van der Waals surface area contributed by atoms with Crippen molar-refractivity contribution in [3.8, 4) is 0 Å². The maximum atomic E-state index is 4.71. The summed E-state index contributed by atoms with van der Waals surface area (Å²) in [5.41, 5.74) is 2.29. The molecular formula is C16H16N2S. The Morgan fingerprint density at radius 2 is 2.00 bits per heavy atom. The highest BCUT2D eigenvalue weighted by molar-refractivity contribution is 7.99.